The fourth-order valence-corrected chi connectivity index (χ4v) is 16.3. The number of hydrogen-bond acceptors (Lipinski definition) is 8. The van der Waals surface area contributed by atoms with Gasteiger partial charge in [0.2, 0.25) is 0 Å². The fourth-order valence-electron chi connectivity index (χ4n) is 8.45. The summed E-state index contributed by atoms with van der Waals surface area (Å²) in [6.07, 6.45) is 5.42. The smallest absolute Gasteiger partial charge is 0.338 e. The molecule has 0 amide bonds. The topological polar surface area (TPSA) is 72.5 Å². The second kappa shape index (κ2) is 22.4. The minimum atomic E-state index is -2.76. The molecule has 1 fully saturated rings. The Balaban J connectivity index is 1.48. The van der Waals surface area contributed by atoms with E-state index in [1.165, 1.54) is 10.4 Å². The van der Waals surface area contributed by atoms with Crippen molar-refractivity contribution >= 4 is 52.8 Å². The van der Waals surface area contributed by atoms with Gasteiger partial charge in [0.1, 0.15) is 11.9 Å². The van der Waals surface area contributed by atoms with Crippen molar-refractivity contribution in [2.24, 2.45) is 0 Å². The SMILES string of the molecule is COc1ccc(C(=O)OCC[Si](C)(C)C)c(C(CC[C@H]2OC(C)(C)O[C@@H]2C(/C=C\C[C@@H](C)O[Si](c2ccccc2)(c2ccccc2)C(C)(C)C)O[Si](C)(C)C(C)(C)C)Sc2ccccc2)c1. The lowest BCUT2D eigenvalue weighted by Crippen LogP contribution is -2.67. The zero-order valence-electron chi connectivity index (χ0n) is 42.7. The monoisotopic (exact) mass is 968 g/mol. The van der Waals surface area contributed by atoms with Crippen LogP contribution >= 0.6 is 11.8 Å². The van der Waals surface area contributed by atoms with Crippen LogP contribution in [0.4, 0.5) is 0 Å². The number of benzene rings is 4. The first-order valence-electron chi connectivity index (χ1n) is 23.9. The van der Waals surface area contributed by atoms with Crippen LogP contribution in [0.25, 0.3) is 0 Å². The van der Waals surface area contributed by atoms with E-state index in [0.717, 1.165) is 16.5 Å². The summed E-state index contributed by atoms with van der Waals surface area (Å²) in [7, 11) is -4.82. The van der Waals surface area contributed by atoms with Crippen molar-refractivity contribution in [2.75, 3.05) is 13.7 Å². The van der Waals surface area contributed by atoms with E-state index in [2.05, 4.69) is 178 Å². The van der Waals surface area contributed by atoms with Gasteiger partial charge >= 0.3 is 5.97 Å². The minimum absolute atomic E-state index is 0.0346. The lowest BCUT2D eigenvalue weighted by Gasteiger charge is -2.44. The van der Waals surface area contributed by atoms with E-state index in [0.29, 0.717) is 37.2 Å². The van der Waals surface area contributed by atoms with Gasteiger partial charge in [0.15, 0.2) is 14.1 Å². The van der Waals surface area contributed by atoms with Gasteiger partial charge in [-0.3, -0.25) is 0 Å². The summed E-state index contributed by atoms with van der Waals surface area (Å²) in [4.78, 5) is 15.0. The number of hydrogen-bond donors (Lipinski definition) is 0. The third kappa shape index (κ3) is 14.2. The van der Waals surface area contributed by atoms with Crippen molar-refractivity contribution in [3.63, 3.8) is 0 Å². The van der Waals surface area contributed by atoms with E-state index in [1.54, 1.807) is 18.9 Å². The number of esters is 1. The highest BCUT2D eigenvalue weighted by Gasteiger charge is 2.51. The van der Waals surface area contributed by atoms with E-state index in [4.69, 9.17) is 27.8 Å². The zero-order chi connectivity index (χ0) is 48.6. The number of thioether (sulfide) groups is 1. The Kier molecular flexibility index (Phi) is 18.3. The summed E-state index contributed by atoms with van der Waals surface area (Å²) in [5, 5.41) is 2.25. The molecule has 0 aliphatic carbocycles. The molecule has 1 aliphatic heterocycles. The lowest BCUT2D eigenvalue weighted by molar-refractivity contribution is -0.152. The van der Waals surface area contributed by atoms with Crippen LogP contribution in [-0.2, 0) is 23.1 Å². The molecule has 360 valence electrons. The first kappa shape index (κ1) is 53.7. The highest BCUT2D eigenvalue weighted by Crippen LogP contribution is 2.45. The van der Waals surface area contributed by atoms with Crippen LogP contribution < -0.4 is 15.1 Å². The maximum Gasteiger partial charge on any atom is 0.338 e. The molecule has 0 bridgehead atoms. The zero-order valence-corrected chi connectivity index (χ0v) is 46.6. The number of carbonyl (C=O) groups excluding carboxylic acids is 1. The molecule has 11 heteroatoms. The van der Waals surface area contributed by atoms with Crippen molar-refractivity contribution in [3.05, 3.63) is 132 Å². The van der Waals surface area contributed by atoms with Gasteiger partial charge < -0.3 is 27.8 Å². The van der Waals surface area contributed by atoms with Crippen molar-refractivity contribution in [1.29, 1.82) is 0 Å². The summed E-state index contributed by atoms with van der Waals surface area (Å²) in [6.45, 7) is 31.9. The van der Waals surface area contributed by atoms with E-state index in [1.807, 2.05) is 38.1 Å². The number of carbonyl (C=O) groups is 1. The van der Waals surface area contributed by atoms with E-state index in [-0.39, 0.29) is 45.7 Å². The molecule has 0 saturated carbocycles. The molecule has 5 rings (SSSR count). The third-order valence-electron chi connectivity index (χ3n) is 13.0. The van der Waals surface area contributed by atoms with Gasteiger partial charge in [0.05, 0.1) is 31.5 Å². The first-order valence-corrected chi connectivity index (χ1v) is 33.3. The molecule has 0 radical (unpaired) electrons. The molecular formula is C55H80O7SSi3. The molecule has 0 spiro atoms. The Morgan fingerprint density at radius 2 is 1.36 bits per heavy atom. The van der Waals surface area contributed by atoms with Gasteiger partial charge in [0, 0.05) is 24.3 Å². The summed E-state index contributed by atoms with van der Waals surface area (Å²) in [5.41, 5.74) is 1.46. The summed E-state index contributed by atoms with van der Waals surface area (Å²) < 4.78 is 40.3. The maximum atomic E-state index is 13.9. The number of ether oxygens (including phenoxy) is 4. The first-order chi connectivity index (χ1) is 30.9. The summed E-state index contributed by atoms with van der Waals surface area (Å²) in [6, 6.07) is 38.7. The average Bonchev–Trinajstić information content (AvgIpc) is 3.56. The predicted molar refractivity (Wildman–Crippen MR) is 284 cm³/mol. The summed E-state index contributed by atoms with van der Waals surface area (Å²) in [5.74, 6) is -0.436. The standard InChI is InChI=1S/C55H80O7SSi3/c1-41(61-66(54(5,6)7,44-29-21-17-22-30-44)45-31-23-18-24-32-45)26-25-33-49(62-65(14,15)53(2,3)4)51-48(59-55(8,9)60-51)36-37-50(63-43-27-19-16-20-28-43)47-40-42(57-10)34-35-46(47)52(56)58-38-39-64(11,12)13/h16-25,27-35,40-41,48-51H,26,36-39H2,1-15H3/b33-25-/t41-,48-,49?,50?,51+/m1/s1. The van der Waals surface area contributed by atoms with Crippen LogP contribution in [0.1, 0.15) is 103 Å². The molecular weight excluding hydrogens is 889 g/mol. The molecule has 7 nitrogen and oxygen atoms in total. The van der Waals surface area contributed by atoms with E-state index < -0.39 is 30.5 Å². The molecule has 2 unspecified atom stereocenters. The quantitative estimate of drug-likeness (QED) is 0.0354. The van der Waals surface area contributed by atoms with Crippen molar-refractivity contribution in [1.82, 2.24) is 0 Å². The average molecular weight is 970 g/mol. The van der Waals surface area contributed by atoms with Crippen molar-refractivity contribution in [2.45, 2.75) is 171 Å². The van der Waals surface area contributed by atoms with Crippen LogP contribution in [-0.4, -0.2) is 74.6 Å². The summed E-state index contributed by atoms with van der Waals surface area (Å²) >= 11 is 1.74. The third-order valence-corrected chi connectivity index (χ3v) is 25.7. The van der Waals surface area contributed by atoms with Crippen molar-refractivity contribution in [3.8, 4) is 5.75 Å². The molecule has 4 aromatic carbocycles. The van der Waals surface area contributed by atoms with Crippen LogP contribution in [0.15, 0.2) is 126 Å². The van der Waals surface area contributed by atoms with Crippen molar-refractivity contribution < 1.29 is 32.6 Å². The highest BCUT2D eigenvalue weighted by molar-refractivity contribution is 7.99. The van der Waals surface area contributed by atoms with Gasteiger partial charge in [-0.05, 0) is 116 Å². The van der Waals surface area contributed by atoms with Gasteiger partial charge in [-0.1, -0.05) is 152 Å². The predicted octanol–water partition coefficient (Wildman–Crippen LogP) is 13.6. The van der Waals surface area contributed by atoms with Gasteiger partial charge in [-0.25, -0.2) is 4.79 Å². The largest absolute Gasteiger partial charge is 0.497 e. The van der Waals surface area contributed by atoms with Gasteiger partial charge in [0.25, 0.3) is 8.32 Å². The molecule has 5 atom stereocenters. The lowest BCUT2D eigenvalue weighted by atomic mass is 9.97. The Bertz CT molecular complexity index is 2120. The molecule has 1 aliphatic rings. The Morgan fingerprint density at radius 3 is 1.89 bits per heavy atom. The van der Waals surface area contributed by atoms with Gasteiger partial charge in [-0.2, -0.15) is 0 Å². The Labute approximate surface area is 406 Å². The van der Waals surface area contributed by atoms with E-state index in [9.17, 15) is 4.79 Å². The van der Waals surface area contributed by atoms with Crippen LogP contribution in [0.5, 0.6) is 5.75 Å². The van der Waals surface area contributed by atoms with Gasteiger partial charge in [-0.15, -0.1) is 11.8 Å². The normalized spacial score (nSPS) is 18.5. The fraction of sp³-hybridized carbons (Fsp3) is 0.509. The Hall–Kier alpha value is -3.27. The van der Waals surface area contributed by atoms with E-state index >= 15 is 0 Å². The Morgan fingerprint density at radius 1 is 0.788 bits per heavy atom. The van der Waals surface area contributed by atoms with Crippen LogP contribution in [0, 0.1) is 0 Å². The molecule has 0 N–H and O–H groups in total. The molecule has 1 heterocycles. The maximum absolute atomic E-state index is 13.9. The molecule has 1 saturated heterocycles. The second-order valence-electron chi connectivity index (χ2n) is 22.1. The molecule has 66 heavy (non-hydrogen) atoms. The molecule has 0 aromatic heterocycles. The highest BCUT2D eigenvalue weighted by atomic mass is 32.2. The van der Waals surface area contributed by atoms with Crippen LogP contribution in [0.2, 0.25) is 48.9 Å². The minimum Gasteiger partial charge on any atom is -0.497 e. The number of rotatable bonds is 21. The molecule has 4 aromatic rings. The number of methoxy groups -OCH3 is 1. The van der Waals surface area contributed by atoms with Crippen LogP contribution in [0.3, 0.4) is 0 Å². The second-order valence-corrected chi connectivity index (χ2v) is 38.0.